The highest BCUT2D eigenvalue weighted by Crippen LogP contribution is 2.25. The summed E-state index contributed by atoms with van der Waals surface area (Å²) >= 11 is 9.55. The van der Waals surface area contributed by atoms with Gasteiger partial charge in [-0.2, -0.15) is 0 Å². The minimum absolute atomic E-state index is 0.0332. The third kappa shape index (κ3) is 3.80. The lowest BCUT2D eigenvalue weighted by atomic mass is 10.1. The van der Waals surface area contributed by atoms with Gasteiger partial charge in [-0.15, -0.1) is 5.92 Å². The lowest BCUT2D eigenvalue weighted by molar-refractivity contribution is 0.582. The molecule has 0 bridgehead atoms. The summed E-state index contributed by atoms with van der Waals surface area (Å²) in [4.78, 5) is 0. The average molecular weight is 302 g/mol. The Hall–Kier alpha value is -0.530. The molecule has 0 aliphatic heterocycles. The van der Waals surface area contributed by atoms with Crippen LogP contribution in [0, 0.1) is 11.8 Å². The van der Waals surface area contributed by atoms with Gasteiger partial charge in [0.2, 0.25) is 0 Å². The summed E-state index contributed by atoms with van der Waals surface area (Å²) in [7, 11) is 0. The summed E-state index contributed by atoms with van der Waals surface area (Å²) in [5, 5.41) is 3.97. The zero-order valence-corrected chi connectivity index (χ0v) is 11.4. The van der Waals surface area contributed by atoms with Gasteiger partial charge in [0, 0.05) is 22.1 Å². The molecule has 16 heavy (non-hydrogen) atoms. The highest BCUT2D eigenvalue weighted by molar-refractivity contribution is 9.10. The molecule has 1 unspecified atom stereocenters. The van der Waals surface area contributed by atoms with E-state index in [0.29, 0.717) is 13.1 Å². The van der Waals surface area contributed by atoms with Crippen LogP contribution < -0.4 is 11.1 Å². The van der Waals surface area contributed by atoms with Crippen molar-refractivity contribution in [3.63, 3.8) is 0 Å². The summed E-state index contributed by atoms with van der Waals surface area (Å²) in [6.45, 7) is 2.91. The maximum Gasteiger partial charge on any atom is 0.0581 e. The molecule has 0 saturated heterocycles. The highest BCUT2D eigenvalue weighted by atomic mass is 79.9. The summed E-state index contributed by atoms with van der Waals surface area (Å²) in [6.07, 6.45) is 0. The zero-order chi connectivity index (χ0) is 12.0. The van der Waals surface area contributed by atoms with Crippen LogP contribution in [-0.4, -0.2) is 13.1 Å². The Morgan fingerprint density at radius 2 is 2.31 bits per heavy atom. The van der Waals surface area contributed by atoms with E-state index < -0.39 is 0 Å². The van der Waals surface area contributed by atoms with Gasteiger partial charge in [-0.25, -0.2) is 0 Å². The van der Waals surface area contributed by atoms with E-state index in [-0.39, 0.29) is 6.04 Å². The van der Waals surface area contributed by atoms with Crippen LogP contribution in [0.4, 0.5) is 0 Å². The molecule has 0 amide bonds. The number of nitrogens with two attached hydrogens (primary N) is 1. The third-order valence-electron chi connectivity index (χ3n) is 2.18. The van der Waals surface area contributed by atoms with E-state index in [1.165, 1.54) is 0 Å². The standard InChI is InChI=1S/C12H14BrClN2/c1-2-3-6-16-12(8-15)10-7-9(13)4-5-11(10)14/h4-5,7,12,16H,6,8,15H2,1H3. The molecule has 86 valence electrons. The predicted octanol–water partition coefficient (Wildman–Crippen LogP) is 2.72. The fraction of sp³-hybridized carbons (Fsp3) is 0.333. The molecule has 0 aromatic heterocycles. The summed E-state index contributed by atoms with van der Waals surface area (Å²) in [5.41, 5.74) is 6.72. The Balaban J connectivity index is 2.84. The highest BCUT2D eigenvalue weighted by Gasteiger charge is 2.12. The molecule has 0 saturated carbocycles. The molecule has 0 fully saturated rings. The van der Waals surface area contributed by atoms with Gasteiger partial charge in [-0.1, -0.05) is 33.5 Å². The molecule has 3 N–H and O–H groups in total. The van der Waals surface area contributed by atoms with Gasteiger partial charge in [0.1, 0.15) is 0 Å². The fourth-order valence-electron chi connectivity index (χ4n) is 1.36. The smallest absolute Gasteiger partial charge is 0.0581 e. The van der Waals surface area contributed by atoms with E-state index in [0.717, 1.165) is 15.1 Å². The first-order valence-corrected chi connectivity index (χ1v) is 6.14. The normalized spacial score (nSPS) is 11.8. The molecule has 0 heterocycles. The van der Waals surface area contributed by atoms with E-state index >= 15 is 0 Å². The van der Waals surface area contributed by atoms with E-state index in [9.17, 15) is 0 Å². The molecule has 0 spiro atoms. The number of hydrogen-bond donors (Lipinski definition) is 2. The Kier molecular flexibility index (Phi) is 5.86. The van der Waals surface area contributed by atoms with Crippen LogP contribution in [0.1, 0.15) is 18.5 Å². The molecule has 4 heteroatoms. The lowest BCUT2D eigenvalue weighted by Crippen LogP contribution is -2.28. The first kappa shape index (κ1) is 13.5. The number of nitrogens with one attached hydrogen (secondary N) is 1. The van der Waals surface area contributed by atoms with Crippen molar-refractivity contribution in [1.29, 1.82) is 0 Å². The lowest BCUT2D eigenvalue weighted by Gasteiger charge is -2.17. The molecule has 0 radical (unpaired) electrons. The average Bonchev–Trinajstić information content (AvgIpc) is 2.28. The molecule has 1 atom stereocenters. The molecular formula is C12H14BrClN2. The van der Waals surface area contributed by atoms with Crippen molar-refractivity contribution in [1.82, 2.24) is 5.32 Å². The van der Waals surface area contributed by atoms with Crippen LogP contribution in [0.25, 0.3) is 0 Å². The Morgan fingerprint density at radius 1 is 1.56 bits per heavy atom. The van der Waals surface area contributed by atoms with Crippen LogP contribution in [0.2, 0.25) is 5.02 Å². The second-order valence-electron chi connectivity index (χ2n) is 3.26. The maximum absolute atomic E-state index is 6.13. The van der Waals surface area contributed by atoms with Crippen molar-refractivity contribution >= 4 is 27.5 Å². The van der Waals surface area contributed by atoms with Gasteiger partial charge in [0.15, 0.2) is 0 Å². The van der Waals surface area contributed by atoms with Gasteiger partial charge in [0.25, 0.3) is 0 Å². The summed E-state index contributed by atoms with van der Waals surface area (Å²) < 4.78 is 0.994. The molecule has 1 aromatic carbocycles. The van der Waals surface area contributed by atoms with Gasteiger partial charge in [-0.3, -0.25) is 5.32 Å². The van der Waals surface area contributed by atoms with Gasteiger partial charge in [0.05, 0.1) is 6.54 Å². The van der Waals surface area contributed by atoms with Crippen LogP contribution in [0.3, 0.4) is 0 Å². The quantitative estimate of drug-likeness (QED) is 0.839. The van der Waals surface area contributed by atoms with Crippen molar-refractivity contribution in [3.8, 4) is 11.8 Å². The van der Waals surface area contributed by atoms with E-state index in [1.807, 2.05) is 25.1 Å². The second-order valence-corrected chi connectivity index (χ2v) is 4.58. The van der Waals surface area contributed by atoms with Gasteiger partial charge >= 0.3 is 0 Å². The Labute approximate surface area is 110 Å². The van der Waals surface area contributed by atoms with Crippen LogP contribution >= 0.6 is 27.5 Å². The minimum atomic E-state index is 0.0332. The molecule has 1 rings (SSSR count). The first-order valence-electron chi connectivity index (χ1n) is 4.97. The monoisotopic (exact) mass is 300 g/mol. The predicted molar refractivity (Wildman–Crippen MR) is 72.4 cm³/mol. The van der Waals surface area contributed by atoms with Crippen molar-refractivity contribution in [3.05, 3.63) is 33.3 Å². The minimum Gasteiger partial charge on any atom is -0.329 e. The topological polar surface area (TPSA) is 38.0 Å². The Morgan fingerprint density at radius 3 is 2.94 bits per heavy atom. The third-order valence-corrected chi connectivity index (χ3v) is 3.02. The number of hydrogen-bond acceptors (Lipinski definition) is 2. The first-order chi connectivity index (χ1) is 7.69. The maximum atomic E-state index is 6.13. The van der Waals surface area contributed by atoms with Crippen LogP contribution in [0.5, 0.6) is 0 Å². The SMILES string of the molecule is CC#CCNC(CN)c1cc(Br)ccc1Cl. The van der Waals surface area contributed by atoms with Crippen molar-refractivity contribution in [2.45, 2.75) is 13.0 Å². The zero-order valence-electron chi connectivity index (χ0n) is 9.06. The van der Waals surface area contributed by atoms with Crippen LogP contribution in [-0.2, 0) is 0 Å². The summed E-state index contributed by atoms with van der Waals surface area (Å²) in [6, 6.07) is 5.78. The number of halogens is 2. The van der Waals surface area contributed by atoms with E-state index in [1.54, 1.807) is 0 Å². The Bertz CT molecular complexity index is 409. The van der Waals surface area contributed by atoms with Crippen LogP contribution in [0.15, 0.2) is 22.7 Å². The van der Waals surface area contributed by atoms with Crippen molar-refractivity contribution in [2.24, 2.45) is 5.73 Å². The van der Waals surface area contributed by atoms with Gasteiger partial charge in [-0.05, 0) is 30.7 Å². The largest absolute Gasteiger partial charge is 0.329 e. The van der Waals surface area contributed by atoms with E-state index in [2.05, 4.69) is 33.1 Å². The van der Waals surface area contributed by atoms with Crippen molar-refractivity contribution < 1.29 is 0 Å². The number of benzene rings is 1. The molecule has 1 aromatic rings. The summed E-state index contributed by atoms with van der Waals surface area (Å²) in [5.74, 6) is 5.77. The molecular weight excluding hydrogens is 288 g/mol. The molecule has 0 aliphatic carbocycles. The van der Waals surface area contributed by atoms with Crippen molar-refractivity contribution in [2.75, 3.05) is 13.1 Å². The molecule has 2 nitrogen and oxygen atoms in total. The van der Waals surface area contributed by atoms with E-state index in [4.69, 9.17) is 17.3 Å². The van der Waals surface area contributed by atoms with Gasteiger partial charge < -0.3 is 5.73 Å². The number of rotatable bonds is 4. The fourth-order valence-corrected chi connectivity index (χ4v) is 1.99. The second kappa shape index (κ2) is 6.93. The molecule has 0 aliphatic rings.